The fraction of sp³-hybridized carbons (Fsp3) is 0.306. The van der Waals surface area contributed by atoms with E-state index < -0.39 is 11.9 Å². The zero-order valence-corrected chi connectivity index (χ0v) is 25.8. The van der Waals surface area contributed by atoms with Gasteiger partial charge in [-0.15, -0.1) is 0 Å². The van der Waals surface area contributed by atoms with Crippen molar-refractivity contribution in [2.75, 3.05) is 36.9 Å². The average molecular weight is 612 g/mol. The van der Waals surface area contributed by atoms with Crippen molar-refractivity contribution in [3.05, 3.63) is 119 Å². The summed E-state index contributed by atoms with van der Waals surface area (Å²) in [4.78, 5) is 12.2. The molecule has 0 radical (unpaired) electrons. The van der Waals surface area contributed by atoms with Crippen LogP contribution in [0.4, 0.5) is 16.2 Å². The van der Waals surface area contributed by atoms with E-state index in [1.54, 1.807) is 0 Å². The minimum atomic E-state index is -0.633. The number of anilines is 2. The van der Waals surface area contributed by atoms with Crippen molar-refractivity contribution in [1.29, 1.82) is 0 Å². The van der Waals surface area contributed by atoms with Crippen LogP contribution in [0.3, 0.4) is 0 Å². The van der Waals surface area contributed by atoms with Crippen molar-refractivity contribution < 1.29 is 28.8 Å². The van der Waals surface area contributed by atoms with Gasteiger partial charge in [0.15, 0.2) is 0 Å². The van der Waals surface area contributed by atoms with Crippen molar-refractivity contribution in [2.45, 2.75) is 45.4 Å². The average Bonchev–Trinajstić information content (AvgIpc) is 3.03. The van der Waals surface area contributed by atoms with Crippen molar-refractivity contribution in [2.24, 2.45) is 0 Å². The summed E-state index contributed by atoms with van der Waals surface area (Å²) in [5.74, 6) is 0.953. The van der Waals surface area contributed by atoms with Crippen LogP contribution in [-0.4, -0.2) is 43.2 Å². The van der Waals surface area contributed by atoms with E-state index in [1.807, 2.05) is 111 Å². The fourth-order valence-electron chi connectivity index (χ4n) is 4.87. The number of aliphatic hydroxyl groups is 1. The molecule has 9 heteroatoms. The third kappa shape index (κ3) is 10.1. The molecule has 1 aliphatic heterocycles. The van der Waals surface area contributed by atoms with Gasteiger partial charge < -0.3 is 40.0 Å². The number of rotatable bonds is 14. The van der Waals surface area contributed by atoms with Gasteiger partial charge in [0.2, 0.25) is 5.79 Å². The highest BCUT2D eigenvalue weighted by Crippen LogP contribution is 2.32. The first-order valence-corrected chi connectivity index (χ1v) is 15.2. The zero-order valence-electron chi connectivity index (χ0n) is 25.8. The van der Waals surface area contributed by atoms with Gasteiger partial charge in [-0.3, -0.25) is 0 Å². The molecule has 0 bridgehead atoms. The number of carbonyl (C=O) groups excluding carboxylic acids is 1. The highest BCUT2D eigenvalue weighted by molar-refractivity contribution is 5.99. The lowest BCUT2D eigenvalue weighted by atomic mass is 10.0. The van der Waals surface area contributed by atoms with E-state index in [-0.39, 0.29) is 6.03 Å². The van der Waals surface area contributed by atoms with Gasteiger partial charge in [-0.1, -0.05) is 48.5 Å². The Bertz CT molecular complexity index is 1530. The summed E-state index contributed by atoms with van der Waals surface area (Å²) in [7, 11) is 0. The number of hydrogen-bond donors (Lipinski definition) is 4. The van der Waals surface area contributed by atoms with E-state index in [4.69, 9.17) is 18.9 Å². The van der Waals surface area contributed by atoms with Gasteiger partial charge in [0.1, 0.15) is 18.1 Å². The van der Waals surface area contributed by atoms with Crippen molar-refractivity contribution in [3.8, 4) is 11.5 Å². The molecule has 45 heavy (non-hydrogen) atoms. The second-order valence-corrected chi connectivity index (χ2v) is 11.3. The summed E-state index contributed by atoms with van der Waals surface area (Å²) in [5, 5.41) is 19.6. The topological polar surface area (TPSA) is 110 Å². The van der Waals surface area contributed by atoms with Crippen molar-refractivity contribution >= 4 is 17.4 Å². The number of hydrogen-bond acceptors (Lipinski definition) is 7. The minimum absolute atomic E-state index is 0.300. The van der Waals surface area contributed by atoms with Crippen LogP contribution < -0.4 is 25.4 Å². The lowest BCUT2D eigenvalue weighted by Gasteiger charge is -2.33. The number of benzene rings is 4. The smallest absolute Gasteiger partial charge is 0.323 e. The standard InChI is InChI=1S/C36H41N3O6/c1-36(2)44-25-29-22-28(13-16-34(29)45-36)33(40)23-37-18-17-26-11-14-32(15-12-26)43-20-19-42-24-27-7-6-10-31(21-27)39-35(41)38-30-8-4-3-5-9-30/h3-16,21-22,33,37,40H,17-20,23-25H2,1-2H3,(H2,38,39,41)/t33-/m0/s1. The SMILES string of the molecule is CC1(C)OCc2cc([C@@H](O)CNCCc3ccc(OCCOCc4cccc(NC(=O)Nc5ccccc5)c4)cc3)ccc2O1. The van der Waals surface area contributed by atoms with E-state index in [1.165, 1.54) is 5.56 Å². The molecule has 4 N–H and O–H groups in total. The first-order chi connectivity index (χ1) is 21.8. The Balaban J connectivity index is 0.950. The molecular weight excluding hydrogens is 570 g/mol. The van der Waals surface area contributed by atoms with Gasteiger partial charge >= 0.3 is 6.03 Å². The molecule has 4 aromatic carbocycles. The van der Waals surface area contributed by atoms with E-state index >= 15 is 0 Å². The highest BCUT2D eigenvalue weighted by atomic mass is 16.7. The van der Waals surface area contributed by atoms with Crippen LogP contribution in [0.5, 0.6) is 11.5 Å². The fourth-order valence-corrected chi connectivity index (χ4v) is 4.87. The van der Waals surface area contributed by atoms with Crippen LogP contribution in [0.25, 0.3) is 0 Å². The summed E-state index contributed by atoms with van der Waals surface area (Å²) in [6.45, 7) is 6.71. The van der Waals surface area contributed by atoms with E-state index in [0.29, 0.717) is 38.7 Å². The van der Waals surface area contributed by atoms with Crippen LogP contribution in [0, 0.1) is 0 Å². The monoisotopic (exact) mass is 611 g/mol. The molecular formula is C36H41N3O6. The summed E-state index contributed by atoms with van der Waals surface area (Å²) >= 11 is 0. The number of aliphatic hydroxyl groups excluding tert-OH is 1. The van der Waals surface area contributed by atoms with E-state index in [0.717, 1.165) is 46.8 Å². The predicted molar refractivity (Wildman–Crippen MR) is 175 cm³/mol. The Kier molecular flexibility index (Phi) is 11.1. The second kappa shape index (κ2) is 15.5. The molecule has 0 unspecified atom stereocenters. The number of nitrogens with one attached hydrogen (secondary N) is 3. The Morgan fingerprint density at radius 3 is 2.49 bits per heavy atom. The molecule has 4 aromatic rings. The number of carbonyl (C=O) groups is 1. The van der Waals surface area contributed by atoms with Gasteiger partial charge in [-0.25, -0.2) is 4.79 Å². The third-order valence-electron chi connectivity index (χ3n) is 7.23. The summed E-state index contributed by atoms with van der Waals surface area (Å²) in [6, 6.07) is 30.3. The van der Waals surface area contributed by atoms with Crippen molar-refractivity contribution in [1.82, 2.24) is 5.32 Å². The molecule has 0 spiro atoms. The Labute approximate surface area is 264 Å². The second-order valence-electron chi connectivity index (χ2n) is 11.3. The molecule has 1 heterocycles. The van der Waals surface area contributed by atoms with Crippen LogP contribution in [0.1, 0.15) is 42.2 Å². The number of ether oxygens (including phenoxy) is 4. The summed E-state index contributed by atoms with van der Waals surface area (Å²) in [6.07, 6.45) is 0.217. The zero-order chi connectivity index (χ0) is 31.5. The molecule has 0 aromatic heterocycles. The van der Waals surface area contributed by atoms with Crippen molar-refractivity contribution in [3.63, 3.8) is 0 Å². The highest BCUT2D eigenvalue weighted by Gasteiger charge is 2.27. The van der Waals surface area contributed by atoms with Gasteiger partial charge in [-0.2, -0.15) is 0 Å². The maximum absolute atomic E-state index is 12.2. The van der Waals surface area contributed by atoms with Gasteiger partial charge in [0.05, 0.1) is 25.9 Å². The van der Waals surface area contributed by atoms with E-state index in [9.17, 15) is 9.90 Å². The molecule has 1 aliphatic rings. The Morgan fingerprint density at radius 2 is 1.67 bits per heavy atom. The van der Waals surface area contributed by atoms with Crippen LogP contribution in [0.15, 0.2) is 97.1 Å². The first-order valence-electron chi connectivity index (χ1n) is 15.2. The predicted octanol–water partition coefficient (Wildman–Crippen LogP) is 6.44. The Morgan fingerprint density at radius 1 is 0.889 bits per heavy atom. The molecule has 0 fully saturated rings. The maximum atomic E-state index is 12.2. The quantitative estimate of drug-likeness (QED) is 0.122. The molecule has 5 rings (SSSR count). The van der Waals surface area contributed by atoms with Crippen LogP contribution >= 0.6 is 0 Å². The lowest BCUT2D eigenvalue weighted by Crippen LogP contribution is -2.35. The first kappa shape index (κ1) is 32.0. The third-order valence-corrected chi connectivity index (χ3v) is 7.23. The largest absolute Gasteiger partial charge is 0.491 e. The summed E-state index contributed by atoms with van der Waals surface area (Å²) < 4.78 is 23.2. The molecule has 2 amide bonds. The normalized spacial score (nSPS) is 14.1. The van der Waals surface area contributed by atoms with Crippen LogP contribution in [0.2, 0.25) is 0 Å². The number of urea groups is 1. The molecule has 0 aliphatic carbocycles. The number of para-hydroxylation sites is 1. The molecule has 9 nitrogen and oxygen atoms in total. The molecule has 0 saturated carbocycles. The maximum Gasteiger partial charge on any atom is 0.323 e. The number of amides is 2. The molecule has 0 saturated heterocycles. The number of fused-ring (bicyclic) bond motifs is 1. The Hall–Kier alpha value is -4.41. The van der Waals surface area contributed by atoms with Crippen LogP contribution in [-0.2, 0) is 29.1 Å². The summed E-state index contributed by atoms with van der Waals surface area (Å²) in [5.41, 5.74) is 5.34. The van der Waals surface area contributed by atoms with Gasteiger partial charge in [-0.05, 0) is 78.2 Å². The lowest BCUT2D eigenvalue weighted by molar-refractivity contribution is -0.180. The van der Waals surface area contributed by atoms with Gasteiger partial charge in [0.25, 0.3) is 0 Å². The van der Waals surface area contributed by atoms with Gasteiger partial charge in [0, 0.05) is 37.3 Å². The minimum Gasteiger partial charge on any atom is -0.491 e. The van der Waals surface area contributed by atoms with E-state index in [2.05, 4.69) is 16.0 Å². The molecule has 1 atom stereocenters. The molecule has 236 valence electrons.